The molecule has 18 heavy (non-hydrogen) atoms. The van der Waals surface area contributed by atoms with Gasteiger partial charge in [-0.25, -0.2) is 4.39 Å². The van der Waals surface area contributed by atoms with Crippen LogP contribution in [0.4, 0.5) is 4.39 Å². The zero-order chi connectivity index (χ0) is 13.9. The van der Waals surface area contributed by atoms with Crippen molar-refractivity contribution in [3.8, 4) is 0 Å². The van der Waals surface area contributed by atoms with Gasteiger partial charge in [0.25, 0.3) is 5.91 Å². The summed E-state index contributed by atoms with van der Waals surface area (Å²) in [4.78, 5) is 13.7. The van der Waals surface area contributed by atoms with Crippen molar-refractivity contribution in [2.45, 2.75) is 32.4 Å². The van der Waals surface area contributed by atoms with Crippen LogP contribution in [-0.4, -0.2) is 30.6 Å². The van der Waals surface area contributed by atoms with Crippen LogP contribution >= 0.6 is 0 Å². The third-order valence-corrected chi connectivity index (χ3v) is 3.28. The molecule has 0 aromatic heterocycles. The Labute approximate surface area is 108 Å². The molecule has 1 unspecified atom stereocenters. The quantitative estimate of drug-likeness (QED) is 0.825. The number of hydrogen-bond acceptors (Lipinski definition) is 2. The van der Waals surface area contributed by atoms with Crippen LogP contribution in [-0.2, 0) is 9.53 Å². The van der Waals surface area contributed by atoms with Gasteiger partial charge in [0.2, 0.25) is 0 Å². The molecule has 0 aliphatic carbocycles. The molecule has 0 aliphatic heterocycles. The van der Waals surface area contributed by atoms with Crippen molar-refractivity contribution in [1.29, 1.82) is 0 Å². The van der Waals surface area contributed by atoms with Crippen molar-refractivity contribution in [2.24, 2.45) is 0 Å². The van der Waals surface area contributed by atoms with Crippen LogP contribution < -0.4 is 0 Å². The van der Waals surface area contributed by atoms with Gasteiger partial charge in [-0.2, -0.15) is 0 Å². The Morgan fingerprint density at radius 1 is 1.39 bits per heavy atom. The Kier molecular flexibility index (Phi) is 4.46. The van der Waals surface area contributed by atoms with E-state index in [-0.39, 0.29) is 17.8 Å². The number of amides is 1. The average Bonchev–Trinajstić information content (AvgIpc) is 2.36. The molecule has 0 aliphatic rings. The van der Waals surface area contributed by atoms with Gasteiger partial charge in [0, 0.05) is 19.7 Å². The van der Waals surface area contributed by atoms with Gasteiger partial charge in [-0.05, 0) is 26.8 Å². The number of benzene rings is 1. The molecule has 1 aromatic rings. The van der Waals surface area contributed by atoms with Crippen LogP contribution in [0.15, 0.2) is 24.3 Å². The van der Waals surface area contributed by atoms with Crippen LogP contribution in [0.2, 0.25) is 0 Å². The van der Waals surface area contributed by atoms with Crippen LogP contribution in [0.1, 0.15) is 32.4 Å². The normalized spacial score (nSPS) is 13.2. The standard InChI is InChI=1S/C14H20FNO2/c1-10(11-8-6-7-9-12(11)15)16(4)13(17)14(2,3)18-5/h6-10H,1-5H3. The zero-order valence-electron chi connectivity index (χ0n) is 11.5. The smallest absolute Gasteiger partial charge is 0.254 e. The lowest BCUT2D eigenvalue weighted by Crippen LogP contribution is -2.45. The monoisotopic (exact) mass is 253 g/mol. The van der Waals surface area contributed by atoms with Crippen LogP contribution in [0.5, 0.6) is 0 Å². The fourth-order valence-electron chi connectivity index (χ4n) is 1.71. The summed E-state index contributed by atoms with van der Waals surface area (Å²) in [7, 11) is 3.14. The highest BCUT2D eigenvalue weighted by atomic mass is 19.1. The van der Waals surface area contributed by atoms with Gasteiger partial charge in [-0.1, -0.05) is 18.2 Å². The van der Waals surface area contributed by atoms with Crippen molar-refractivity contribution >= 4 is 5.91 Å². The fourth-order valence-corrected chi connectivity index (χ4v) is 1.71. The van der Waals surface area contributed by atoms with Gasteiger partial charge < -0.3 is 9.64 Å². The van der Waals surface area contributed by atoms with E-state index in [1.165, 1.54) is 18.1 Å². The molecule has 1 atom stereocenters. The number of rotatable bonds is 4. The van der Waals surface area contributed by atoms with E-state index in [9.17, 15) is 9.18 Å². The van der Waals surface area contributed by atoms with Crippen molar-refractivity contribution in [3.63, 3.8) is 0 Å². The van der Waals surface area contributed by atoms with E-state index in [1.807, 2.05) is 0 Å². The summed E-state index contributed by atoms with van der Waals surface area (Å²) >= 11 is 0. The number of nitrogens with zero attached hydrogens (tertiary/aromatic N) is 1. The van der Waals surface area contributed by atoms with Crippen molar-refractivity contribution in [3.05, 3.63) is 35.6 Å². The molecule has 0 radical (unpaired) electrons. The molecule has 3 nitrogen and oxygen atoms in total. The first-order valence-electron chi connectivity index (χ1n) is 5.88. The van der Waals surface area contributed by atoms with Gasteiger partial charge >= 0.3 is 0 Å². The van der Waals surface area contributed by atoms with Gasteiger partial charge in [-0.3, -0.25) is 4.79 Å². The summed E-state index contributed by atoms with van der Waals surface area (Å²) in [5, 5.41) is 0. The van der Waals surface area contributed by atoms with E-state index in [1.54, 1.807) is 46.0 Å². The Hall–Kier alpha value is -1.42. The lowest BCUT2D eigenvalue weighted by Gasteiger charge is -2.32. The second-order valence-electron chi connectivity index (χ2n) is 4.83. The maximum atomic E-state index is 13.7. The number of likely N-dealkylation sites (N-methyl/N-ethyl adjacent to an activating group) is 1. The lowest BCUT2D eigenvalue weighted by atomic mass is 10.0. The van der Waals surface area contributed by atoms with Crippen LogP contribution in [0.25, 0.3) is 0 Å². The first-order chi connectivity index (χ1) is 8.31. The minimum atomic E-state index is -0.908. The van der Waals surface area contributed by atoms with Crippen molar-refractivity contribution in [1.82, 2.24) is 4.90 Å². The SMILES string of the molecule is COC(C)(C)C(=O)N(C)C(C)c1ccccc1F. The maximum Gasteiger partial charge on any atom is 0.254 e. The molecule has 0 bridgehead atoms. The zero-order valence-corrected chi connectivity index (χ0v) is 11.5. The van der Waals surface area contributed by atoms with Gasteiger partial charge in [0.15, 0.2) is 0 Å². The number of methoxy groups -OCH3 is 1. The summed E-state index contributed by atoms with van der Waals surface area (Å²) in [5.41, 5.74) is -0.408. The summed E-state index contributed by atoms with van der Waals surface area (Å²) in [5.74, 6) is -0.486. The van der Waals surface area contributed by atoms with E-state index in [0.29, 0.717) is 5.56 Å². The molecule has 0 saturated heterocycles. The summed E-state index contributed by atoms with van der Waals surface area (Å²) in [6, 6.07) is 6.13. The molecular formula is C14H20FNO2. The van der Waals surface area contributed by atoms with Gasteiger partial charge in [-0.15, -0.1) is 0 Å². The molecule has 1 amide bonds. The molecular weight excluding hydrogens is 233 g/mol. The lowest BCUT2D eigenvalue weighted by molar-refractivity contribution is -0.151. The number of carbonyl (C=O) groups is 1. The van der Waals surface area contributed by atoms with E-state index >= 15 is 0 Å². The first kappa shape index (κ1) is 14.6. The number of halogens is 1. The Morgan fingerprint density at radius 2 is 1.94 bits per heavy atom. The highest BCUT2D eigenvalue weighted by Crippen LogP contribution is 2.24. The fraction of sp³-hybridized carbons (Fsp3) is 0.500. The van der Waals surface area contributed by atoms with Crippen molar-refractivity contribution < 1.29 is 13.9 Å². The molecule has 0 spiro atoms. The number of hydrogen-bond donors (Lipinski definition) is 0. The largest absolute Gasteiger partial charge is 0.369 e. The number of carbonyl (C=O) groups excluding carboxylic acids is 1. The van der Waals surface area contributed by atoms with E-state index < -0.39 is 5.60 Å². The molecule has 100 valence electrons. The molecule has 0 heterocycles. The highest BCUT2D eigenvalue weighted by Gasteiger charge is 2.33. The average molecular weight is 253 g/mol. The number of ether oxygens (including phenoxy) is 1. The van der Waals surface area contributed by atoms with Crippen LogP contribution in [0, 0.1) is 5.82 Å². The summed E-state index contributed by atoms with van der Waals surface area (Å²) < 4.78 is 18.8. The summed E-state index contributed by atoms with van der Waals surface area (Å²) in [6.45, 7) is 5.18. The van der Waals surface area contributed by atoms with Gasteiger partial charge in [0.05, 0.1) is 6.04 Å². The third-order valence-electron chi connectivity index (χ3n) is 3.28. The predicted molar refractivity (Wildman–Crippen MR) is 68.7 cm³/mol. The van der Waals surface area contributed by atoms with Crippen molar-refractivity contribution in [2.75, 3.05) is 14.2 Å². The third kappa shape index (κ3) is 2.88. The molecule has 0 N–H and O–H groups in total. The second-order valence-corrected chi connectivity index (χ2v) is 4.83. The first-order valence-corrected chi connectivity index (χ1v) is 5.88. The second kappa shape index (κ2) is 5.48. The Balaban J connectivity index is 2.95. The Bertz CT molecular complexity index is 432. The van der Waals surface area contributed by atoms with E-state index in [2.05, 4.69) is 0 Å². The van der Waals surface area contributed by atoms with E-state index in [4.69, 9.17) is 4.74 Å². The minimum absolute atomic E-state index is 0.180. The van der Waals surface area contributed by atoms with E-state index in [0.717, 1.165) is 0 Å². The predicted octanol–water partition coefficient (Wildman–Crippen LogP) is 2.77. The topological polar surface area (TPSA) is 29.5 Å². The maximum absolute atomic E-state index is 13.7. The molecule has 1 aromatic carbocycles. The molecule has 0 saturated carbocycles. The minimum Gasteiger partial charge on any atom is -0.369 e. The highest BCUT2D eigenvalue weighted by molar-refractivity contribution is 5.84. The molecule has 4 heteroatoms. The van der Waals surface area contributed by atoms with Gasteiger partial charge in [0.1, 0.15) is 11.4 Å². The molecule has 0 fully saturated rings. The molecule has 1 rings (SSSR count). The van der Waals surface area contributed by atoms with Crippen LogP contribution in [0.3, 0.4) is 0 Å². The Morgan fingerprint density at radius 3 is 2.44 bits per heavy atom. The summed E-state index contributed by atoms with van der Waals surface area (Å²) in [6.07, 6.45) is 0.